The lowest BCUT2D eigenvalue weighted by Gasteiger charge is -2.33. The predicted octanol–water partition coefficient (Wildman–Crippen LogP) is 3.06. The maximum atomic E-state index is 12.9. The summed E-state index contributed by atoms with van der Waals surface area (Å²) in [5, 5.41) is 4.74. The summed E-state index contributed by atoms with van der Waals surface area (Å²) in [5.74, 6) is 0.438. The molecule has 0 bridgehead atoms. The number of aryl methyl sites for hydroxylation is 1. The van der Waals surface area contributed by atoms with Crippen LogP contribution < -0.4 is 0 Å². The Morgan fingerprint density at radius 1 is 1.35 bits per heavy atom. The van der Waals surface area contributed by atoms with Gasteiger partial charge in [0.2, 0.25) is 0 Å². The molecule has 1 aliphatic rings. The number of fused-ring (bicyclic) bond motifs is 1. The highest BCUT2D eigenvalue weighted by molar-refractivity contribution is 9.10. The van der Waals surface area contributed by atoms with Crippen molar-refractivity contribution < 1.29 is 9.53 Å². The summed E-state index contributed by atoms with van der Waals surface area (Å²) in [7, 11) is 0. The van der Waals surface area contributed by atoms with Crippen LogP contribution in [0.15, 0.2) is 35.1 Å². The highest BCUT2D eigenvalue weighted by atomic mass is 79.9. The number of halogens is 2. The lowest BCUT2D eigenvalue weighted by atomic mass is 10.1. The molecule has 134 valence electrons. The summed E-state index contributed by atoms with van der Waals surface area (Å²) >= 11 is 9.46. The Balaban J connectivity index is 1.63. The number of morpholine rings is 1. The van der Waals surface area contributed by atoms with Gasteiger partial charge in [0.25, 0.3) is 11.7 Å². The van der Waals surface area contributed by atoms with Gasteiger partial charge in [-0.05, 0) is 31.2 Å². The molecule has 0 saturated carbocycles. The van der Waals surface area contributed by atoms with Crippen LogP contribution in [-0.2, 0) is 4.74 Å². The van der Waals surface area contributed by atoms with Crippen LogP contribution in [0, 0.1) is 6.92 Å². The number of nitrogens with zero attached hydrogens (tertiary/aromatic N) is 5. The zero-order valence-corrected chi connectivity index (χ0v) is 16.2. The van der Waals surface area contributed by atoms with E-state index in [0.717, 1.165) is 15.9 Å². The van der Waals surface area contributed by atoms with E-state index in [2.05, 4.69) is 31.0 Å². The van der Waals surface area contributed by atoms with E-state index in [1.807, 2.05) is 13.0 Å². The van der Waals surface area contributed by atoms with E-state index in [4.69, 9.17) is 16.3 Å². The van der Waals surface area contributed by atoms with Crippen molar-refractivity contribution in [2.75, 3.05) is 19.7 Å². The maximum Gasteiger partial charge on any atom is 0.254 e. The highest BCUT2D eigenvalue weighted by Gasteiger charge is 2.28. The van der Waals surface area contributed by atoms with Crippen molar-refractivity contribution in [2.45, 2.75) is 13.0 Å². The van der Waals surface area contributed by atoms with Crippen LogP contribution in [0.1, 0.15) is 27.8 Å². The van der Waals surface area contributed by atoms with Gasteiger partial charge >= 0.3 is 0 Å². The summed E-state index contributed by atoms with van der Waals surface area (Å²) in [4.78, 5) is 23.2. The molecule has 0 radical (unpaired) electrons. The molecule has 3 aromatic rings. The van der Waals surface area contributed by atoms with E-state index in [1.165, 1.54) is 6.33 Å². The summed E-state index contributed by atoms with van der Waals surface area (Å²) in [6.07, 6.45) is 1.15. The van der Waals surface area contributed by atoms with Crippen LogP contribution in [0.3, 0.4) is 0 Å². The summed E-state index contributed by atoms with van der Waals surface area (Å²) in [6.45, 7) is 3.27. The monoisotopic (exact) mass is 435 g/mol. The Morgan fingerprint density at radius 3 is 3.00 bits per heavy atom. The van der Waals surface area contributed by atoms with Crippen LogP contribution in [0.4, 0.5) is 0 Å². The van der Waals surface area contributed by atoms with E-state index in [9.17, 15) is 4.79 Å². The van der Waals surface area contributed by atoms with E-state index in [-0.39, 0.29) is 12.0 Å². The molecule has 0 aliphatic carbocycles. The van der Waals surface area contributed by atoms with Gasteiger partial charge in [0, 0.05) is 27.3 Å². The minimum absolute atomic E-state index is 0.0814. The lowest BCUT2D eigenvalue weighted by molar-refractivity contribution is -0.0257. The van der Waals surface area contributed by atoms with Gasteiger partial charge < -0.3 is 9.64 Å². The topological polar surface area (TPSA) is 72.6 Å². The number of carbonyl (C=O) groups is 1. The van der Waals surface area contributed by atoms with Crippen molar-refractivity contribution >= 4 is 39.2 Å². The van der Waals surface area contributed by atoms with Crippen LogP contribution in [0.5, 0.6) is 0 Å². The van der Waals surface area contributed by atoms with Crippen LogP contribution in [0.25, 0.3) is 5.78 Å². The molecule has 4 rings (SSSR count). The predicted molar refractivity (Wildman–Crippen MR) is 99.3 cm³/mol. The molecule has 3 heterocycles. The molecular formula is C17H15BrClN5O2. The number of rotatable bonds is 2. The number of aromatic nitrogens is 4. The van der Waals surface area contributed by atoms with E-state index in [1.54, 1.807) is 27.6 Å². The molecule has 1 amide bonds. The fourth-order valence-electron chi connectivity index (χ4n) is 3.06. The normalized spacial score (nSPS) is 17.7. The first kappa shape index (κ1) is 17.4. The van der Waals surface area contributed by atoms with Crippen LogP contribution >= 0.6 is 27.5 Å². The van der Waals surface area contributed by atoms with Crippen LogP contribution in [-0.4, -0.2) is 50.1 Å². The number of hydrogen-bond acceptors (Lipinski definition) is 5. The SMILES string of the molecule is Cc1cc(C2CN(C(=O)c3cc(Cl)cc(Br)c3)CCO2)n2ncnc2n1. The van der Waals surface area contributed by atoms with Gasteiger partial charge in [-0.25, -0.2) is 4.98 Å². The van der Waals surface area contributed by atoms with Gasteiger partial charge in [0.05, 0.1) is 18.8 Å². The Labute approximate surface area is 163 Å². The van der Waals surface area contributed by atoms with Crippen molar-refractivity contribution in [1.82, 2.24) is 24.5 Å². The summed E-state index contributed by atoms with van der Waals surface area (Å²) in [6, 6.07) is 7.11. The fourth-order valence-corrected chi connectivity index (χ4v) is 3.92. The van der Waals surface area contributed by atoms with Gasteiger partial charge in [0.15, 0.2) is 0 Å². The molecule has 7 nitrogen and oxygen atoms in total. The quantitative estimate of drug-likeness (QED) is 0.617. The van der Waals surface area contributed by atoms with Gasteiger partial charge in [-0.1, -0.05) is 27.5 Å². The second kappa shape index (κ2) is 6.94. The number of carbonyl (C=O) groups excluding carboxylic acids is 1. The third-order valence-corrected chi connectivity index (χ3v) is 4.88. The maximum absolute atomic E-state index is 12.9. The van der Waals surface area contributed by atoms with Crippen molar-refractivity contribution in [1.29, 1.82) is 0 Å². The summed E-state index contributed by atoms with van der Waals surface area (Å²) < 4.78 is 8.34. The first-order chi connectivity index (χ1) is 12.5. The largest absolute Gasteiger partial charge is 0.368 e. The molecule has 2 aromatic heterocycles. The third kappa shape index (κ3) is 3.32. The average Bonchev–Trinajstić information content (AvgIpc) is 3.08. The van der Waals surface area contributed by atoms with E-state index < -0.39 is 0 Å². The Kier molecular flexibility index (Phi) is 4.64. The number of hydrogen-bond donors (Lipinski definition) is 0. The van der Waals surface area contributed by atoms with Gasteiger partial charge in [0.1, 0.15) is 12.4 Å². The van der Waals surface area contributed by atoms with Crippen LogP contribution in [0.2, 0.25) is 5.02 Å². The van der Waals surface area contributed by atoms with Crippen molar-refractivity contribution in [3.05, 3.63) is 57.0 Å². The molecule has 0 spiro atoms. The molecule has 9 heteroatoms. The molecule has 1 aliphatic heterocycles. The Hall–Kier alpha value is -2.03. The second-order valence-electron chi connectivity index (χ2n) is 6.06. The second-order valence-corrected chi connectivity index (χ2v) is 7.42. The minimum Gasteiger partial charge on any atom is -0.368 e. The summed E-state index contributed by atoms with van der Waals surface area (Å²) in [5.41, 5.74) is 2.20. The zero-order valence-electron chi connectivity index (χ0n) is 13.9. The number of benzene rings is 1. The minimum atomic E-state index is -0.304. The van der Waals surface area contributed by atoms with Gasteiger partial charge in [-0.3, -0.25) is 4.79 Å². The number of ether oxygens (including phenoxy) is 1. The number of amides is 1. The third-order valence-electron chi connectivity index (χ3n) is 4.20. The smallest absolute Gasteiger partial charge is 0.254 e. The molecule has 1 saturated heterocycles. The molecule has 0 N–H and O–H groups in total. The van der Waals surface area contributed by atoms with E-state index in [0.29, 0.717) is 36.1 Å². The molecule has 1 atom stereocenters. The molecule has 26 heavy (non-hydrogen) atoms. The highest BCUT2D eigenvalue weighted by Crippen LogP contribution is 2.26. The lowest BCUT2D eigenvalue weighted by Crippen LogP contribution is -2.42. The van der Waals surface area contributed by atoms with E-state index >= 15 is 0 Å². The molecule has 1 unspecified atom stereocenters. The fraction of sp³-hybridized carbons (Fsp3) is 0.294. The Bertz CT molecular complexity index is 972. The Morgan fingerprint density at radius 2 is 2.19 bits per heavy atom. The molecule has 1 aromatic carbocycles. The standard InChI is InChI=1S/C17H15BrClN5O2/c1-10-4-14(24-17(22-10)20-9-21-24)15-8-23(2-3-26-15)16(25)11-5-12(18)7-13(19)6-11/h4-7,9,15H,2-3,8H2,1H3. The first-order valence-electron chi connectivity index (χ1n) is 8.05. The zero-order chi connectivity index (χ0) is 18.3. The van der Waals surface area contributed by atoms with Crippen molar-refractivity contribution in [2.24, 2.45) is 0 Å². The van der Waals surface area contributed by atoms with Crippen molar-refractivity contribution in [3.8, 4) is 0 Å². The van der Waals surface area contributed by atoms with Gasteiger partial charge in [-0.2, -0.15) is 14.6 Å². The first-order valence-corrected chi connectivity index (χ1v) is 9.22. The average molecular weight is 437 g/mol. The molecular weight excluding hydrogens is 422 g/mol. The molecule has 1 fully saturated rings. The van der Waals surface area contributed by atoms with Gasteiger partial charge in [-0.15, -0.1) is 0 Å². The van der Waals surface area contributed by atoms with Crippen molar-refractivity contribution in [3.63, 3.8) is 0 Å².